The van der Waals surface area contributed by atoms with Crippen LogP contribution in [-0.4, -0.2) is 48.0 Å². The fourth-order valence-corrected chi connectivity index (χ4v) is 4.92. The van der Waals surface area contributed by atoms with E-state index in [2.05, 4.69) is 4.90 Å². The highest BCUT2D eigenvalue weighted by atomic mass is 35.5. The summed E-state index contributed by atoms with van der Waals surface area (Å²) in [5.41, 5.74) is 0.645. The third-order valence-electron chi connectivity index (χ3n) is 4.78. The molecule has 0 unspecified atom stereocenters. The van der Waals surface area contributed by atoms with E-state index in [1.54, 1.807) is 0 Å². The molecular weight excluding hydrogens is 392 g/mol. The van der Waals surface area contributed by atoms with Gasteiger partial charge in [-0.25, -0.2) is 13.2 Å². The monoisotopic (exact) mass is 412 g/mol. The molecule has 0 amide bonds. The Morgan fingerprint density at radius 3 is 2.30 bits per heavy atom. The number of sulfonamides is 1. The lowest BCUT2D eigenvalue weighted by atomic mass is 10.1. The molecule has 3 rings (SSSR count). The van der Waals surface area contributed by atoms with E-state index in [0.717, 1.165) is 26.6 Å². The van der Waals surface area contributed by atoms with Gasteiger partial charge in [0.2, 0.25) is 10.0 Å². The Morgan fingerprint density at radius 1 is 1.04 bits per heavy atom. The highest BCUT2D eigenvalue weighted by molar-refractivity contribution is 7.89. The molecule has 8 nitrogen and oxygen atoms in total. The molecule has 0 spiro atoms. The minimum atomic E-state index is -3.99. The molecule has 0 bridgehead atoms. The van der Waals surface area contributed by atoms with E-state index in [-0.39, 0.29) is 18.0 Å². The predicted octanol–water partition coefficient (Wildman–Crippen LogP) is 0.557. The van der Waals surface area contributed by atoms with Crippen molar-refractivity contribution in [3.63, 3.8) is 0 Å². The van der Waals surface area contributed by atoms with Gasteiger partial charge in [0.1, 0.15) is 0 Å². The van der Waals surface area contributed by atoms with Gasteiger partial charge in [0.15, 0.2) is 4.90 Å². The summed E-state index contributed by atoms with van der Waals surface area (Å²) in [6, 6.07) is 5.61. The van der Waals surface area contributed by atoms with Gasteiger partial charge in [-0.1, -0.05) is 17.7 Å². The lowest BCUT2D eigenvalue weighted by molar-refractivity contribution is 0.383. The lowest BCUT2D eigenvalue weighted by Crippen LogP contribution is -2.50. The molecule has 1 aromatic carbocycles. The molecule has 10 heteroatoms. The van der Waals surface area contributed by atoms with Gasteiger partial charge >= 0.3 is 5.69 Å². The quantitative estimate of drug-likeness (QED) is 0.735. The summed E-state index contributed by atoms with van der Waals surface area (Å²) in [5, 5.41) is 0.624. The molecule has 27 heavy (non-hydrogen) atoms. The third kappa shape index (κ3) is 3.54. The third-order valence-corrected chi connectivity index (χ3v) is 6.90. The van der Waals surface area contributed by atoms with E-state index in [0.29, 0.717) is 18.1 Å². The number of benzene rings is 1. The molecule has 0 radical (unpaired) electrons. The van der Waals surface area contributed by atoms with Crippen LogP contribution >= 0.6 is 11.6 Å². The average Bonchev–Trinajstić information content (AvgIpc) is 2.65. The maximum Gasteiger partial charge on any atom is 0.330 e. The van der Waals surface area contributed by atoms with Crippen LogP contribution in [0.3, 0.4) is 0 Å². The van der Waals surface area contributed by atoms with Crippen molar-refractivity contribution in [2.75, 3.05) is 31.1 Å². The van der Waals surface area contributed by atoms with Crippen molar-refractivity contribution in [1.29, 1.82) is 0 Å². The Kier molecular flexibility index (Phi) is 5.20. The maximum atomic E-state index is 12.9. The zero-order chi connectivity index (χ0) is 19.9. The number of hydrogen-bond acceptors (Lipinski definition) is 5. The molecule has 0 N–H and O–H groups in total. The van der Waals surface area contributed by atoms with E-state index in [1.165, 1.54) is 18.4 Å². The topological polar surface area (TPSA) is 84.6 Å². The summed E-state index contributed by atoms with van der Waals surface area (Å²) in [5.74, 6) is 0. The molecule has 0 aliphatic carbocycles. The van der Waals surface area contributed by atoms with Gasteiger partial charge in [-0.15, -0.1) is 0 Å². The van der Waals surface area contributed by atoms with Crippen molar-refractivity contribution in [2.24, 2.45) is 14.1 Å². The minimum absolute atomic E-state index is 0.236. The summed E-state index contributed by atoms with van der Waals surface area (Å²) in [6.45, 7) is 3.41. The van der Waals surface area contributed by atoms with Crippen LogP contribution < -0.4 is 16.1 Å². The number of aryl methyl sites for hydroxylation is 2. The number of anilines is 1. The molecule has 146 valence electrons. The van der Waals surface area contributed by atoms with Crippen LogP contribution in [0.1, 0.15) is 5.56 Å². The second-order valence-corrected chi connectivity index (χ2v) is 8.92. The maximum absolute atomic E-state index is 12.9. The van der Waals surface area contributed by atoms with Gasteiger partial charge in [0.25, 0.3) is 5.56 Å². The Bertz CT molecular complexity index is 1100. The van der Waals surface area contributed by atoms with Gasteiger partial charge in [-0.2, -0.15) is 4.31 Å². The van der Waals surface area contributed by atoms with E-state index in [4.69, 9.17) is 11.6 Å². The van der Waals surface area contributed by atoms with E-state index in [9.17, 15) is 18.0 Å². The van der Waals surface area contributed by atoms with Crippen LogP contribution in [0.15, 0.2) is 38.9 Å². The van der Waals surface area contributed by atoms with E-state index < -0.39 is 21.3 Å². The number of hydrogen-bond donors (Lipinski definition) is 0. The smallest absolute Gasteiger partial charge is 0.330 e. The number of aromatic nitrogens is 2. The van der Waals surface area contributed by atoms with Crippen LogP contribution in [0.25, 0.3) is 0 Å². The molecule has 2 heterocycles. The average molecular weight is 413 g/mol. The van der Waals surface area contributed by atoms with E-state index in [1.807, 2.05) is 25.1 Å². The van der Waals surface area contributed by atoms with E-state index >= 15 is 0 Å². The lowest BCUT2D eigenvalue weighted by Gasteiger charge is -2.36. The van der Waals surface area contributed by atoms with Crippen LogP contribution in [0, 0.1) is 6.92 Å². The Morgan fingerprint density at radius 2 is 1.67 bits per heavy atom. The summed E-state index contributed by atoms with van der Waals surface area (Å²) in [6.07, 6.45) is 1.09. The SMILES string of the molecule is Cc1ccc(Cl)cc1N1CCN(S(=O)(=O)c2cn(C)c(=O)n(C)c2=O)CC1. The van der Waals surface area contributed by atoms with Gasteiger partial charge in [-0.05, 0) is 24.6 Å². The number of halogens is 1. The van der Waals surface area contributed by atoms with Crippen LogP contribution in [0.5, 0.6) is 0 Å². The van der Waals surface area contributed by atoms with Gasteiger partial charge in [0.05, 0.1) is 0 Å². The first-order chi connectivity index (χ1) is 12.6. The highest BCUT2D eigenvalue weighted by Gasteiger charge is 2.32. The van der Waals surface area contributed by atoms with Crippen molar-refractivity contribution in [3.8, 4) is 0 Å². The molecule has 1 aliphatic rings. The van der Waals surface area contributed by atoms with Crippen molar-refractivity contribution in [2.45, 2.75) is 11.8 Å². The van der Waals surface area contributed by atoms with Crippen molar-refractivity contribution in [3.05, 3.63) is 55.8 Å². The number of rotatable bonds is 3. The molecule has 1 aromatic heterocycles. The molecule has 2 aromatic rings. The second kappa shape index (κ2) is 7.14. The Labute approximate surface area is 162 Å². The fraction of sp³-hybridized carbons (Fsp3) is 0.412. The molecule has 1 saturated heterocycles. The predicted molar refractivity (Wildman–Crippen MR) is 104 cm³/mol. The zero-order valence-corrected chi connectivity index (χ0v) is 16.9. The summed E-state index contributed by atoms with van der Waals surface area (Å²) in [7, 11) is -1.31. The minimum Gasteiger partial charge on any atom is -0.369 e. The van der Waals surface area contributed by atoms with Crippen molar-refractivity contribution in [1.82, 2.24) is 13.4 Å². The zero-order valence-electron chi connectivity index (χ0n) is 15.3. The summed E-state index contributed by atoms with van der Waals surface area (Å²) >= 11 is 6.08. The van der Waals surface area contributed by atoms with Gasteiger partial charge in [-0.3, -0.25) is 9.36 Å². The highest BCUT2D eigenvalue weighted by Crippen LogP contribution is 2.26. The first-order valence-corrected chi connectivity index (χ1v) is 10.2. The number of nitrogens with zero attached hydrogens (tertiary/aromatic N) is 4. The first-order valence-electron chi connectivity index (χ1n) is 8.41. The van der Waals surface area contributed by atoms with Gasteiger partial charge in [0, 0.05) is 57.2 Å². The standard InChI is InChI=1S/C17H21ClN4O4S/c1-12-4-5-13(18)10-14(12)21-6-8-22(9-7-21)27(25,26)15-11-19(2)17(24)20(3)16(15)23/h4-5,10-11H,6-9H2,1-3H3. The number of piperazine rings is 1. The Hall–Kier alpha value is -2.10. The van der Waals surface area contributed by atoms with Crippen LogP contribution in [-0.2, 0) is 24.1 Å². The molecule has 1 fully saturated rings. The first kappa shape index (κ1) is 19.7. The van der Waals surface area contributed by atoms with Crippen LogP contribution in [0.4, 0.5) is 5.69 Å². The molecule has 0 saturated carbocycles. The molecule has 0 atom stereocenters. The van der Waals surface area contributed by atoms with Gasteiger partial charge < -0.3 is 9.47 Å². The largest absolute Gasteiger partial charge is 0.369 e. The molecule has 1 aliphatic heterocycles. The van der Waals surface area contributed by atoms with Crippen molar-refractivity contribution < 1.29 is 8.42 Å². The fourth-order valence-electron chi connectivity index (χ4n) is 3.18. The summed E-state index contributed by atoms with van der Waals surface area (Å²) in [4.78, 5) is 25.8. The second-order valence-electron chi connectivity index (χ2n) is 6.57. The Balaban J connectivity index is 1.87. The van der Waals surface area contributed by atoms with Crippen molar-refractivity contribution >= 4 is 27.3 Å². The molecular formula is C17H21ClN4O4S. The summed E-state index contributed by atoms with van der Waals surface area (Å²) < 4.78 is 29.1. The van der Waals surface area contributed by atoms with Crippen LogP contribution in [0.2, 0.25) is 5.02 Å². The normalized spacial score (nSPS) is 15.9.